The van der Waals surface area contributed by atoms with Crippen LogP contribution in [-0.4, -0.2) is 62.1 Å². The van der Waals surface area contributed by atoms with Crippen molar-refractivity contribution in [1.82, 2.24) is 4.90 Å². The summed E-state index contributed by atoms with van der Waals surface area (Å²) in [5.74, 6) is -0.327. The summed E-state index contributed by atoms with van der Waals surface area (Å²) < 4.78 is 28.1. The molecule has 1 fully saturated rings. The number of nitrogens with zero attached hydrogens (tertiary/aromatic N) is 1. The molecule has 2 rings (SSSR count). The Kier molecular flexibility index (Phi) is 4.61. The van der Waals surface area contributed by atoms with Crippen LogP contribution in [-0.2, 0) is 9.84 Å². The lowest BCUT2D eigenvalue weighted by molar-refractivity contribution is 0.0691. The maximum Gasteiger partial charge on any atom is 0.339 e. The number of ether oxygens (including phenoxy) is 1. The molecule has 0 aromatic heterocycles. The first-order chi connectivity index (χ1) is 9.48. The van der Waals surface area contributed by atoms with Gasteiger partial charge in [-0.25, -0.2) is 13.2 Å². The molecule has 0 amide bonds. The summed E-state index contributed by atoms with van der Waals surface area (Å²) in [5, 5.41) is 9.01. The Labute approximate surface area is 117 Å². The van der Waals surface area contributed by atoms with Gasteiger partial charge in [0.2, 0.25) is 0 Å². The lowest BCUT2D eigenvalue weighted by Crippen LogP contribution is -2.42. The Bertz CT molecular complexity index is 570. The van der Waals surface area contributed by atoms with Crippen molar-refractivity contribution in [3.8, 4) is 5.75 Å². The highest BCUT2D eigenvalue weighted by Crippen LogP contribution is 2.17. The van der Waals surface area contributed by atoms with Gasteiger partial charge in [0.1, 0.15) is 17.9 Å². The van der Waals surface area contributed by atoms with Gasteiger partial charge in [0, 0.05) is 19.6 Å². The van der Waals surface area contributed by atoms with Gasteiger partial charge < -0.3 is 9.84 Å². The number of hydrogen-bond donors (Lipinski definition) is 1. The number of carboxylic acids is 1. The van der Waals surface area contributed by atoms with E-state index in [0.29, 0.717) is 32.0 Å². The molecule has 0 bridgehead atoms. The molecule has 110 valence electrons. The molecule has 1 aliphatic rings. The number of rotatable bonds is 5. The second-order valence-electron chi connectivity index (χ2n) is 4.64. The van der Waals surface area contributed by atoms with Gasteiger partial charge in [0.25, 0.3) is 0 Å². The highest BCUT2D eigenvalue weighted by Gasteiger charge is 2.21. The van der Waals surface area contributed by atoms with E-state index in [4.69, 9.17) is 9.84 Å². The summed E-state index contributed by atoms with van der Waals surface area (Å²) in [6.45, 7) is 1.94. The Balaban J connectivity index is 1.84. The summed E-state index contributed by atoms with van der Waals surface area (Å²) in [4.78, 5) is 13.0. The minimum absolute atomic E-state index is 0.133. The van der Waals surface area contributed by atoms with Crippen LogP contribution in [0.4, 0.5) is 0 Å². The predicted molar refractivity (Wildman–Crippen MR) is 74.0 cm³/mol. The monoisotopic (exact) mass is 299 g/mol. The average molecular weight is 299 g/mol. The fourth-order valence-electron chi connectivity index (χ4n) is 2.03. The first-order valence-electron chi connectivity index (χ1n) is 6.36. The van der Waals surface area contributed by atoms with Crippen LogP contribution < -0.4 is 4.74 Å². The zero-order chi connectivity index (χ0) is 14.6. The second-order valence-corrected chi connectivity index (χ2v) is 6.95. The lowest BCUT2D eigenvalue weighted by Gasteiger charge is -2.26. The van der Waals surface area contributed by atoms with Gasteiger partial charge in [0.05, 0.1) is 11.5 Å². The van der Waals surface area contributed by atoms with Crippen molar-refractivity contribution in [2.45, 2.75) is 0 Å². The molecule has 0 aliphatic carbocycles. The number of carbonyl (C=O) groups is 1. The molecule has 1 N–H and O–H groups in total. The molecule has 1 saturated heterocycles. The van der Waals surface area contributed by atoms with Crippen molar-refractivity contribution >= 4 is 15.8 Å². The van der Waals surface area contributed by atoms with E-state index >= 15 is 0 Å². The third-order valence-electron chi connectivity index (χ3n) is 3.22. The van der Waals surface area contributed by atoms with E-state index in [-0.39, 0.29) is 17.1 Å². The average Bonchev–Trinajstić information content (AvgIpc) is 2.41. The third-order valence-corrected chi connectivity index (χ3v) is 4.83. The molecule has 1 heterocycles. The molecule has 1 aromatic rings. The van der Waals surface area contributed by atoms with Crippen LogP contribution in [0.2, 0.25) is 0 Å². The Hall–Kier alpha value is -1.60. The van der Waals surface area contributed by atoms with Gasteiger partial charge in [-0.05, 0) is 12.1 Å². The van der Waals surface area contributed by atoms with Crippen molar-refractivity contribution < 1.29 is 23.1 Å². The first-order valence-corrected chi connectivity index (χ1v) is 8.18. The molecule has 1 aliphatic heterocycles. The standard InChI is InChI=1S/C13H17NO5S/c15-13(16)11-3-1-2-4-12(11)19-8-5-14-6-9-20(17,18)10-7-14/h1-4H,5-10H2,(H,15,16). The van der Waals surface area contributed by atoms with Crippen molar-refractivity contribution in [2.24, 2.45) is 0 Å². The Morgan fingerprint density at radius 1 is 1.25 bits per heavy atom. The molecule has 0 saturated carbocycles. The number of carboxylic acid groups (broad SMARTS) is 1. The van der Waals surface area contributed by atoms with Gasteiger partial charge in [0.15, 0.2) is 9.84 Å². The predicted octanol–water partition coefficient (Wildman–Crippen LogP) is 0.494. The van der Waals surface area contributed by atoms with E-state index in [9.17, 15) is 13.2 Å². The number of hydrogen-bond acceptors (Lipinski definition) is 5. The topological polar surface area (TPSA) is 83.9 Å². The Morgan fingerprint density at radius 2 is 1.90 bits per heavy atom. The van der Waals surface area contributed by atoms with Crippen LogP contribution in [0.5, 0.6) is 5.75 Å². The summed E-state index contributed by atoms with van der Waals surface area (Å²) in [6, 6.07) is 6.47. The highest BCUT2D eigenvalue weighted by atomic mass is 32.2. The van der Waals surface area contributed by atoms with E-state index in [2.05, 4.69) is 0 Å². The molecule has 0 atom stereocenters. The second kappa shape index (κ2) is 6.23. The maximum atomic E-state index is 11.3. The van der Waals surface area contributed by atoms with Crippen LogP contribution in [0.15, 0.2) is 24.3 Å². The third kappa shape index (κ3) is 3.94. The van der Waals surface area contributed by atoms with E-state index in [1.165, 1.54) is 6.07 Å². The zero-order valence-electron chi connectivity index (χ0n) is 11.0. The number of benzene rings is 1. The molecule has 0 spiro atoms. The van der Waals surface area contributed by atoms with Gasteiger partial charge in [-0.3, -0.25) is 4.90 Å². The van der Waals surface area contributed by atoms with Crippen LogP contribution in [0.1, 0.15) is 10.4 Å². The maximum absolute atomic E-state index is 11.3. The van der Waals surface area contributed by atoms with Crippen molar-refractivity contribution in [3.05, 3.63) is 29.8 Å². The van der Waals surface area contributed by atoms with Crippen LogP contribution in [0.25, 0.3) is 0 Å². The van der Waals surface area contributed by atoms with E-state index in [0.717, 1.165) is 0 Å². The molecule has 20 heavy (non-hydrogen) atoms. The molecule has 7 heteroatoms. The van der Waals surface area contributed by atoms with E-state index in [1.807, 2.05) is 4.90 Å². The summed E-state index contributed by atoms with van der Waals surface area (Å²) in [6.07, 6.45) is 0. The summed E-state index contributed by atoms with van der Waals surface area (Å²) in [7, 11) is -2.87. The lowest BCUT2D eigenvalue weighted by atomic mass is 10.2. The number of sulfone groups is 1. The summed E-state index contributed by atoms with van der Waals surface area (Å²) >= 11 is 0. The van der Waals surface area contributed by atoms with E-state index in [1.54, 1.807) is 18.2 Å². The first kappa shape index (κ1) is 14.8. The Morgan fingerprint density at radius 3 is 2.55 bits per heavy atom. The smallest absolute Gasteiger partial charge is 0.339 e. The molecule has 1 aromatic carbocycles. The van der Waals surface area contributed by atoms with Crippen molar-refractivity contribution in [3.63, 3.8) is 0 Å². The molecule has 6 nitrogen and oxygen atoms in total. The van der Waals surface area contributed by atoms with Crippen molar-refractivity contribution in [2.75, 3.05) is 37.7 Å². The molecule has 0 radical (unpaired) electrons. The zero-order valence-corrected chi connectivity index (χ0v) is 11.8. The van der Waals surface area contributed by atoms with Gasteiger partial charge in [-0.15, -0.1) is 0 Å². The normalized spacial score (nSPS) is 18.6. The van der Waals surface area contributed by atoms with Gasteiger partial charge in [-0.1, -0.05) is 12.1 Å². The van der Waals surface area contributed by atoms with E-state index < -0.39 is 15.8 Å². The minimum atomic E-state index is -2.87. The quantitative estimate of drug-likeness (QED) is 0.852. The summed E-state index contributed by atoms with van der Waals surface area (Å²) in [5.41, 5.74) is 0.133. The SMILES string of the molecule is O=C(O)c1ccccc1OCCN1CCS(=O)(=O)CC1. The largest absolute Gasteiger partial charge is 0.491 e. The van der Waals surface area contributed by atoms with Crippen molar-refractivity contribution in [1.29, 1.82) is 0 Å². The fraction of sp³-hybridized carbons (Fsp3) is 0.462. The highest BCUT2D eigenvalue weighted by molar-refractivity contribution is 7.91. The van der Waals surface area contributed by atoms with Gasteiger partial charge >= 0.3 is 5.97 Å². The number of aromatic carboxylic acids is 1. The van der Waals surface area contributed by atoms with Crippen LogP contribution >= 0.6 is 0 Å². The fourth-order valence-corrected chi connectivity index (χ4v) is 3.30. The molecular weight excluding hydrogens is 282 g/mol. The van der Waals surface area contributed by atoms with Crippen LogP contribution in [0.3, 0.4) is 0 Å². The number of para-hydroxylation sites is 1. The molecule has 0 unspecified atom stereocenters. The molecular formula is C13H17NO5S. The van der Waals surface area contributed by atoms with Crippen LogP contribution in [0, 0.1) is 0 Å². The minimum Gasteiger partial charge on any atom is -0.491 e. The van der Waals surface area contributed by atoms with Gasteiger partial charge in [-0.2, -0.15) is 0 Å².